The van der Waals surface area contributed by atoms with Crippen molar-refractivity contribution in [3.8, 4) is 11.4 Å². The second-order valence-electron chi connectivity index (χ2n) is 6.80. The molecule has 2 heterocycles. The van der Waals surface area contributed by atoms with E-state index in [0.717, 1.165) is 30.8 Å². The lowest BCUT2D eigenvalue weighted by Crippen LogP contribution is -2.40. The number of benzene rings is 1. The number of hydrogen-bond acceptors (Lipinski definition) is 4. The molecule has 1 saturated heterocycles. The number of amides is 1. The molecule has 0 radical (unpaired) electrons. The van der Waals surface area contributed by atoms with E-state index < -0.39 is 0 Å². The maximum absolute atomic E-state index is 12.2. The van der Waals surface area contributed by atoms with Gasteiger partial charge in [0.2, 0.25) is 5.91 Å². The Morgan fingerprint density at radius 2 is 2.20 bits per heavy atom. The summed E-state index contributed by atoms with van der Waals surface area (Å²) >= 11 is 5.31. The highest BCUT2D eigenvalue weighted by atomic mass is 32.1. The van der Waals surface area contributed by atoms with Gasteiger partial charge in [-0.2, -0.15) is 5.10 Å². The van der Waals surface area contributed by atoms with Gasteiger partial charge in [0.05, 0.1) is 5.60 Å². The normalized spacial score (nSPS) is 19.9. The molecule has 1 unspecified atom stereocenters. The van der Waals surface area contributed by atoms with Crippen LogP contribution in [0.3, 0.4) is 0 Å². The molecule has 0 spiro atoms. The quantitative estimate of drug-likeness (QED) is 0.777. The van der Waals surface area contributed by atoms with Crippen LogP contribution in [0.1, 0.15) is 31.7 Å². The minimum atomic E-state index is -0.228. The van der Waals surface area contributed by atoms with E-state index in [0.29, 0.717) is 24.3 Å². The van der Waals surface area contributed by atoms with Gasteiger partial charge >= 0.3 is 0 Å². The summed E-state index contributed by atoms with van der Waals surface area (Å²) in [5.74, 6) is 0.749. The fourth-order valence-electron chi connectivity index (χ4n) is 3.01. The van der Waals surface area contributed by atoms with E-state index in [4.69, 9.17) is 17.0 Å². The molecule has 2 aromatic rings. The van der Waals surface area contributed by atoms with Crippen LogP contribution in [0.4, 0.5) is 0 Å². The zero-order chi connectivity index (χ0) is 17.9. The lowest BCUT2D eigenvalue weighted by molar-refractivity contribution is -0.122. The van der Waals surface area contributed by atoms with Crippen molar-refractivity contribution >= 4 is 18.1 Å². The molecule has 6 nitrogen and oxygen atoms in total. The monoisotopic (exact) mass is 360 g/mol. The van der Waals surface area contributed by atoms with Crippen molar-refractivity contribution in [3.05, 3.63) is 34.6 Å². The molecule has 1 atom stereocenters. The van der Waals surface area contributed by atoms with Crippen molar-refractivity contribution in [1.29, 1.82) is 0 Å². The summed E-state index contributed by atoms with van der Waals surface area (Å²) in [6.45, 7) is 5.90. The van der Waals surface area contributed by atoms with E-state index in [1.54, 1.807) is 0 Å². The molecule has 1 aliphatic rings. The molecule has 1 fully saturated rings. The Morgan fingerprint density at radius 1 is 1.44 bits per heavy atom. The van der Waals surface area contributed by atoms with Gasteiger partial charge in [0.15, 0.2) is 10.6 Å². The molecule has 25 heavy (non-hydrogen) atoms. The predicted octanol–water partition coefficient (Wildman–Crippen LogP) is 2.99. The Hall–Kier alpha value is -1.99. The first kappa shape index (κ1) is 17.8. The second kappa shape index (κ2) is 7.49. The molecule has 1 amide bonds. The molecule has 0 aliphatic carbocycles. The van der Waals surface area contributed by atoms with Crippen LogP contribution >= 0.6 is 12.2 Å². The summed E-state index contributed by atoms with van der Waals surface area (Å²) in [5, 5.41) is 10.1. The average molecular weight is 360 g/mol. The summed E-state index contributed by atoms with van der Waals surface area (Å²) < 4.78 is 8.09. The van der Waals surface area contributed by atoms with Crippen LogP contribution in [0.15, 0.2) is 24.3 Å². The van der Waals surface area contributed by atoms with Crippen LogP contribution in [-0.2, 0) is 16.1 Å². The minimum absolute atomic E-state index is 0.00492. The Balaban J connectivity index is 1.61. The van der Waals surface area contributed by atoms with Gasteiger partial charge in [-0.15, -0.1) is 0 Å². The number of hydrogen-bond donors (Lipinski definition) is 2. The molecule has 2 N–H and O–H groups in total. The van der Waals surface area contributed by atoms with Gasteiger partial charge in [-0.3, -0.25) is 14.5 Å². The Labute approximate surface area is 152 Å². The van der Waals surface area contributed by atoms with Crippen LogP contribution in [0, 0.1) is 11.7 Å². The zero-order valence-electron chi connectivity index (χ0n) is 14.7. The standard InChI is InChI=1S/C18H24N4O2S/c1-13-4-6-14(7-5-13)16-20-21-17(25)22(16)10-8-15(23)19-12-18(2)9-3-11-24-18/h4-7H,3,8-12H2,1-2H3,(H,19,23)(H,21,25). The number of nitrogens with one attached hydrogen (secondary N) is 2. The van der Waals surface area contributed by atoms with Gasteiger partial charge in [0, 0.05) is 31.7 Å². The number of rotatable bonds is 6. The van der Waals surface area contributed by atoms with Crippen molar-refractivity contribution in [1.82, 2.24) is 20.1 Å². The molecule has 0 saturated carbocycles. The van der Waals surface area contributed by atoms with Crippen molar-refractivity contribution < 1.29 is 9.53 Å². The lowest BCUT2D eigenvalue weighted by Gasteiger charge is -2.23. The number of carbonyl (C=O) groups is 1. The zero-order valence-corrected chi connectivity index (χ0v) is 15.5. The van der Waals surface area contributed by atoms with E-state index >= 15 is 0 Å². The SMILES string of the molecule is Cc1ccc(-c2n[nH]c(=S)n2CCC(=O)NCC2(C)CCCO2)cc1. The molecule has 1 aromatic carbocycles. The molecule has 134 valence electrons. The third kappa shape index (κ3) is 4.35. The maximum atomic E-state index is 12.2. The highest BCUT2D eigenvalue weighted by Gasteiger charge is 2.29. The van der Waals surface area contributed by atoms with Crippen molar-refractivity contribution in [2.24, 2.45) is 0 Å². The Morgan fingerprint density at radius 3 is 2.88 bits per heavy atom. The molecule has 0 bridgehead atoms. The van der Waals surface area contributed by atoms with E-state index in [-0.39, 0.29) is 11.5 Å². The molecule has 7 heteroatoms. The molecular formula is C18H24N4O2S. The largest absolute Gasteiger partial charge is 0.373 e. The number of aromatic nitrogens is 3. The highest BCUT2D eigenvalue weighted by molar-refractivity contribution is 7.71. The summed E-state index contributed by atoms with van der Waals surface area (Å²) in [5.41, 5.74) is 1.94. The highest BCUT2D eigenvalue weighted by Crippen LogP contribution is 2.24. The fraction of sp³-hybridized carbons (Fsp3) is 0.500. The molecule has 1 aromatic heterocycles. The fourth-order valence-corrected chi connectivity index (χ4v) is 3.24. The Bertz CT molecular complexity index is 788. The number of aromatic amines is 1. The molecular weight excluding hydrogens is 336 g/mol. The van der Waals surface area contributed by atoms with Crippen LogP contribution in [0.5, 0.6) is 0 Å². The predicted molar refractivity (Wildman–Crippen MR) is 98.8 cm³/mol. The van der Waals surface area contributed by atoms with Gasteiger partial charge in [-0.25, -0.2) is 0 Å². The summed E-state index contributed by atoms with van der Waals surface area (Å²) in [7, 11) is 0. The maximum Gasteiger partial charge on any atom is 0.221 e. The van der Waals surface area contributed by atoms with Crippen LogP contribution in [0.25, 0.3) is 11.4 Å². The first-order valence-corrected chi connectivity index (χ1v) is 9.01. The minimum Gasteiger partial charge on any atom is -0.373 e. The second-order valence-corrected chi connectivity index (χ2v) is 7.19. The molecule has 1 aliphatic heterocycles. The van der Waals surface area contributed by atoms with Gasteiger partial charge in [-0.1, -0.05) is 29.8 Å². The summed E-state index contributed by atoms with van der Waals surface area (Å²) in [6, 6.07) is 8.09. The van der Waals surface area contributed by atoms with Crippen LogP contribution in [0.2, 0.25) is 0 Å². The van der Waals surface area contributed by atoms with Gasteiger partial charge in [0.25, 0.3) is 0 Å². The van der Waals surface area contributed by atoms with E-state index in [2.05, 4.69) is 15.5 Å². The number of ether oxygens (including phenoxy) is 1. The first-order valence-electron chi connectivity index (χ1n) is 8.60. The van der Waals surface area contributed by atoms with Crippen molar-refractivity contribution in [2.45, 2.75) is 45.3 Å². The summed E-state index contributed by atoms with van der Waals surface area (Å²) in [6.07, 6.45) is 2.39. The molecule has 3 rings (SSSR count). The van der Waals surface area contributed by atoms with Gasteiger partial charge < -0.3 is 10.1 Å². The van der Waals surface area contributed by atoms with E-state index in [1.807, 2.05) is 42.7 Å². The topological polar surface area (TPSA) is 71.9 Å². The average Bonchev–Trinajstić information content (AvgIpc) is 3.19. The van der Waals surface area contributed by atoms with Gasteiger partial charge in [-0.05, 0) is 38.9 Å². The van der Waals surface area contributed by atoms with Gasteiger partial charge in [0.1, 0.15) is 0 Å². The first-order chi connectivity index (χ1) is 12.0. The Kier molecular flexibility index (Phi) is 5.34. The number of aryl methyl sites for hydroxylation is 1. The van der Waals surface area contributed by atoms with Crippen LogP contribution < -0.4 is 5.32 Å². The number of carbonyl (C=O) groups excluding carboxylic acids is 1. The number of nitrogens with zero attached hydrogens (tertiary/aromatic N) is 2. The summed E-state index contributed by atoms with van der Waals surface area (Å²) in [4.78, 5) is 12.2. The van der Waals surface area contributed by atoms with E-state index in [9.17, 15) is 4.79 Å². The van der Waals surface area contributed by atoms with Crippen molar-refractivity contribution in [2.75, 3.05) is 13.2 Å². The third-order valence-electron chi connectivity index (χ3n) is 4.59. The number of H-pyrrole nitrogens is 1. The van der Waals surface area contributed by atoms with E-state index in [1.165, 1.54) is 5.56 Å². The van der Waals surface area contributed by atoms with Crippen LogP contribution in [-0.4, -0.2) is 39.4 Å². The van der Waals surface area contributed by atoms with Crippen molar-refractivity contribution in [3.63, 3.8) is 0 Å². The smallest absolute Gasteiger partial charge is 0.221 e. The third-order valence-corrected chi connectivity index (χ3v) is 4.90. The lowest BCUT2D eigenvalue weighted by atomic mass is 10.0.